The highest BCUT2D eigenvalue weighted by Gasteiger charge is 2.19. The second-order valence-corrected chi connectivity index (χ2v) is 4.72. The molecular formula is C13H16ClF2NO. The molecule has 0 spiro atoms. The quantitative estimate of drug-likeness (QED) is 0.821. The summed E-state index contributed by atoms with van der Waals surface area (Å²) >= 11 is 5.57. The molecule has 5 heteroatoms. The molecule has 1 atom stereocenters. The van der Waals surface area contributed by atoms with Gasteiger partial charge in [0.05, 0.1) is 0 Å². The van der Waals surface area contributed by atoms with Gasteiger partial charge >= 0.3 is 0 Å². The number of alkyl halides is 1. The van der Waals surface area contributed by atoms with Gasteiger partial charge < -0.3 is 5.32 Å². The summed E-state index contributed by atoms with van der Waals surface area (Å²) in [6, 6.07) is 2.40. The number of benzene rings is 1. The highest BCUT2D eigenvalue weighted by atomic mass is 35.5. The van der Waals surface area contributed by atoms with Crippen LogP contribution in [0.4, 0.5) is 8.78 Å². The Bertz CT molecular complexity index is 437. The van der Waals surface area contributed by atoms with Crippen molar-refractivity contribution < 1.29 is 13.6 Å². The second kappa shape index (κ2) is 6.69. The third kappa shape index (κ3) is 3.67. The Morgan fingerprint density at radius 1 is 1.44 bits per heavy atom. The smallest absolute Gasteiger partial charge is 0.257 e. The number of carbonyl (C=O) groups excluding carboxylic acids is 1. The van der Waals surface area contributed by atoms with Crippen LogP contribution in [0.2, 0.25) is 0 Å². The first-order chi connectivity index (χ1) is 8.47. The van der Waals surface area contributed by atoms with Gasteiger partial charge in [-0.2, -0.15) is 0 Å². The number of hydrogen-bond acceptors (Lipinski definition) is 1. The molecule has 1 amide bonds. The molecule has 2 nitrogen and oxygen atoms in total. The molecular weight excluding hydrogens is 260 g/mol. The summed E-state index contributed by atoms with van der Waals surface area (Å²) < 4.78 is 27.1. The normalized spacial score (nSPS) is 12.3. The van der Waals surface area contributed by atoms with Gasteiger partial charge in [0.2, 0.25) is 0 Å². The van der Waals surface area contributed by atoms with Crippen LogP contribution in [0.1, 0.15) is 29.3 Å². The standard InChI is InChI=1S/C13H16ClF2NO/c1-8(5-6-14)7-17-13(18)11-10(15)4-3-9(2)12(11)16/h3-4,8H,5-7H2,1-2H3,(H,17,18). The van der Waals surface area contributed by atoms with E-state index < -0.39 is 23.1 Å². The molecule has 0 bridgehead atoms. The fourth-order valence-corrected chi connectivity index (χ4v) is 1.88. The number of carbonyl (C=O) groups is 1. The van der Waals surface area contributed by atoms with Crippen molar-refractivity contribution in [3.05, 3.63) is 34.9 Å². The average molecular weight is 276 g/mol. The van der Waals surface area contributed by atoms with Crippen molar-refractivity contribution in [2.45, 2.75) is 20.3 Å². The number of halogens is 3. The molecule has 1 rings (SSSR count). The van der Waals surface area contributed by atoms with Gasteiger partial charge in [0.15, 0.2) is 0 Å². The van der Waals surface area contributed by atoms with Gasteiger partial charge in [-0.25, -0.2) is 8.78 Å². The topological polar surface area (TPSA) is 29.1 Å². The molecule has 0 aliphatic rings. The molecule has 0 aromatic heterocycles. The average Bonchev–Trinajstić information content (AvgIpc) is 2.32. The highest BCUT2D eigenvalue weighted by molar-refractivity contribution is 6.17. The summed E-state index contributed by atoms with van der Waals surface area (Å²) in [5.74, 6) is -1.72. The SMILES string of the molecule is Cc1ccc(F)c(C(=O)NCC(C)CCCl)c1F. The zero-order chi connectivity index (χ0) is 13.7. The maximum Gasteiger partial charge on any atom is 0.257 e. The molecule has 1 aromatic rings. The molecule has 18 heavy (non-hydrogen) atoms. The molecule has 0 heterocycles. The van der Waals surface area contributed by atoms with Crippen LogP contribution in [0, 0.1) is 24.5 Å². The molecule has 0 fully saturated rings. The first-order valence-corrected chi connectivity index (χ1v) is 6.29. The van der Waals surface area contributed by atoms with Crippen molar-refractivity contribution in [3.63, 3.8) is 0 Å². The first-order valence-electron chi connectivity index (χ1n) is 5.76. The summed E-state index contributed by atoms with van der Waals surface area (Å²) in [4.78, 5) is 11.7. The van der Waals surface area contributed by atoms with Crippen molar-refractivity contribution in [2.75, 3.05) is 12.4 Å². The summed E-state index contributed by atoms with van der Waals surface area (Å²) in [6.45, 7) is 3.74. The number of amides is 1. The predicted molar refractivity (Wildman–Crippen MR) is 67.9 cm³/mol. The Labute approximate surface area is 110 Å². The lowest BCUT2D eigenvalue weighted by atomic mass is 10.1. The van der Waals surface area contributed by atoms with E-state index in [0.717, 1.165) is 12.5 Å². The third-order valence-corrected chi connectivity index (χ3v) is 2.94. The van der Waals surface area contributed by atoms with Crippen molar-refractivity contribution in [2.24, 2.45) is 5.92 Å². The van der Waals surface area contributed by atoms with Crippen molar-refractivity contribution in [3.8, 4) is 0 Å². The largest absolute Gasteiger partial charge is 0.352 e. The van der Waals surface area contributed by atoms with Crippen LogP contribution in [0.5, 0.6) is 0 Å². The Morgan fingerprint density at radius 3 is 2.72 bits per heavy atom. The Morgan fingerprint density at radius 2 is 2.11 bits per heavy atom. The highest BCUT2D eigenvalue weighted by Crippen LogP contribution is 2.16. The van der Waals surface area contributed by atoms with Gasteiger partial charge in [0.1, 0.15) is 17.2 Å². The zero-order valence-electron chi connectivity index (χ0n) is 10.4. The van der Waals surface area contributed by atoms with Gasteiger partial charge in [0, 0.05) is 12.4 Å². The summed E-state index contributed by atoms with van der Waals surface area (Å²) in [5, 5.41) is 2.51. The number of hydrogen-bond donors (Lipinski definition) is 1. The first kappa shape index (κ1) is 14.9. The van der Waals surface area contributed by atoms with E-state index in [1.165, 1.54) is 13.0 Å². The molecule has 1 unspecified atom stereocenters. The van der Waals surface area contributed by atoms with Gasteiger partial charge in [-0.15, -0.1) is 11.6 Å². The lowest BCUT2D eigenvalue weighted by Gasteiger charge is -2.12. The lowest BCUT2D eigenvalue weighted by molar-refractivity contribution is 0.0939. The number of nitrogens with one attached hydrogen (secondary N) is 1. The fourth-order valence-electron chi connectivity index (χ4n) is 1.51. The number of aryl methyl sites for hydroxylation is 1. The summed E-state index contributed by atoms with van der Waals surface area (Å²) in [6.07, 6.45) is 0.737. The van der Waals surface area contributed by atoms with Crippen LogP contribution in [0.3, 0.4) is 0 Å². The molecule has 1 N–H and O–H groups in total. The minimum atomic E-state index is -0.847. The van der Waals surface area contributed by atoms with Crippen LogP contribution in [0.15, 0.2) is 12.1 Å². The monoisotopic (exact) mass is 275 g/mol. The van der Waals surface area contributed by atoms with Crippen molar-refractivity contribution >= 4 is 17.5 Å². The fraction of sp³-hybridized carbons (Fsp3) is 0.462. The van der Waals surface area contributed by atoms with E-state index in [1.807, 2.05) is 6.92 Å². The minimum Gasteiger partial charge on any atom is -0.352 e. The van der Waals surface area contributed by atoms with E-state index in [0.29, 0.717) is 12.4 Å². The van der Waals surface area contributed by atoms with Crippen LogP contribution < -0.4 is 5.32 Å². The predicted octanol–water partition coefficient (Wildman–Crippen LogP) is 3.27. The van der Waals surface area contributed by atoms with E-state index in [-0.39, 0.29) is 11.5 Å². The van der Waals surface area contributed by atoms with Gasteiger partial charge in [-0.1, -0.05) is 13.0 Å². The van der Waals surface area contributed by atoms with Gasteiger partial charge in [-0.3, -0.25) is 4.79 Å². The number of rotatable bonds is 5. The Hall–Kier alpha value is -1.16. The molecule has 1 aromatic carbocycles. The molecule has 100 valence electrons. The zero-order valence-corrected chi connectivity index (χ0v) is 11.2. The molecule has 0 saturated heterocycles. The molecule has 0 radical (unpaired) electrons. The van der Waals surface area contributed by atoms with Crippen LogP contribution >= 0.6 is 11.6 Å². The van der Waals surface area contributed by atoms with E-state index in [1.54, 1.807) is 0 Å². The second-order valence-electron chi connectivity index (χ2n) is 4.35. The van der Waals surface area contributed by atoms with Crippen LogP contribution in [-0.2, 0) is 0 Å². The minimum absolute atomic E-state index is 0.169. The lowest BCUT2D eigenvalue weighted by Crippen LogP contribution is -2.30. The maximum atomic E-state index is 13.7. The van der Waals surface area contributed by atoms with E-state index in [9.17, 15) is 13.6 Å². The third-order valence-electron chi connectivity index (χ3n) is 2.72. The van der Waals surface area contributed by atoms with E-state index >= 15 is 0 Å². The molecule has 0 aliphatic heterocycles. The summed E-state index contributed by atoms with van der Waals surface area (Å²) in [7, 11) is 0. The molecule has 0 saturated carbocycles. The maximum absolute atomic E-state index is 13.7. The van der Waals surface area contributed by atoms with Crippen molar-refractivity contribution in [1.29, 1.82) is 0 Å². The van der Waals surface area contributed by atoms with Gasteiger partial charge in [0.25, 0.3) is 5.91 Å². The summed E-state index contributed by atoms with van der Waals surface area (Å²) in [5.41, 5.74) is -0.275. The Kier molecular flexibility index (Phi) is 5.54. The van der Waals surface area contributed by atoms with E-state index in [2.05, 4.69) is 5.32 Å². The molecule has 0 aliphatic carbocycles. The van der Waals surface area contributed by atoms with Gasteiger partial charge in [-0.05, 0) is 30.9 Å². The van der Waals surface area contributed by atoms with Crippen LogP contribution in [-0.4, -0.2) is 18.3 Å². The van der Waals surface area contributed by atoms with E-state index in [4.69, 9.17) is 11.6 Å². The van der Waals surface area contributed by atoms with Crippen LogP contribution in [0.25, 0.3) is 0 Å². The van der Waals surface area contributed by atoms with Crippen molar-refractivity contribution in [1.82, 2.24) is 5.32 Å². The Balaban J connectivity index is 2.76.